The first-order chi connectivity index (χ1) is 14.9. The number of halogens is 5. The number of thiazole rings is 1. The van der Waals surface area contributed by atoms with Crippen LogP contribution in [0.2, 0.25) is 5.02 Å². The van der Waals surface area contributed by atoms with Crippen LogP contribution < -0.4 is 5.14 Å². The normalized spacial score (nSPS) is 12.3. The molecule has 0 spiro atoms. The van der Waals surface area contributed by atoms with Gasteiger partial charge in [0.05, 0.1) is 27.6 Å². The number of alkyl halides is 3. The van der Waals surface area contributed by atoms with Crippen molar-refractivity contribution >= 4 is 33.0 Å². The molecular weight excluding hydrogens is 492 g/mol. The molecule has 2 heterocycles. The molecule has 6 nitrogen and oxygen atoms in total. The minimum absolute atomic E-state index is 0.0742. The number of hydrogen-bond donors (Lipinski definition) is 1. The average Bonchev–Trinajstić information content (AvgIpc) is 3.37. The molecule has 0 radical (unpaired) electrons. The first kappa shape index (κ1) is 22.4. The van der Waals surface area contributed by atoms with Crippen LogP contribution >= 0.6 is 22.9 Å². The number of nitrogens with zero attached hydrogens (tertiary/aromatic N) is 3. The Balaban J connectivity index is 1.89. The van der Waals surface area contributed by atoms with Crippen LogP contribution in [-0.4, -0.2) is 23.2 Å². The molecule has 0 unspecified atom stereocenters. The molecule has 0 aliphatic heterocycles. The Morgan fingerprint density at radius 2 is 1.84 bits per heavy atom. The van der Waals surface area contributed by atoms with Gasteiger partial charge in [-0.05, 0) is 24.3 Å². The Labute approximate surface area is 188 Å². The molecule has 166 valence electrons. The molecule has 4 rings (SSSR count). The summed E-state index contributed by atoms with van der Waals surface area (Å²) >= 11 is 7.73. The molecule has 0 bridgehead atoms. The quantitative estimate of drug-likeness (QED) is 0.392. The van der Waals surface area contributed by atoms with E-state index in [0.717, 1.165) is 28.9 Å². The zero-order valence-corrected chi connectivity index (χ0v) is 18.0. The molecule has 2 aromatic carbocycles. The lowest BCUT2D eigenvalue weighted by Gasteiger charge is -2.11. The Bertz CT molecular complexity index is 1420. The summed E-state index contributed by atoms with van der Waals surface area (Å²) in [4.78, 5) is 3.37. The summed E-state index contributed by atoms with van der Waals surface area (Å²) in [5.74, 6) is -1.23. The van der Waals surface area contributed by atoms with Gasteiger partial charge in [0.2, 0.25) is 10.0 Å². The Hall–Kier alpha value is -2.80. The Morgan fingerprint density at radius 3 is 2.41 bits per heavy atom. The zero-order chi connectivity index (χ0) is 23.3. The lowest BCUT2D eigenvalue weighted by molar-refractivity contribution is -0.141. The van der Waals surface area contributed by atoms with Crippen molar-refractivity contribution in [1.29, 1.82) is 0 Å². The third kappa shape index (κ3) is 4.26. The van der Waals surface area contributed by atoms with Crippen molar-refractivity contribution in [2.75, 3.05) is 0 Å². The summed E-state index contributed by atoms with van der Waals surface area (Å²) in [6, 6.07) is 8.12. The van der Waals surface area contributed by atoms with Crippen LogP contribution in [0.4, 0.5) is 17.6 Å². The van der Waals surface area contributed by atoms with Gasteiger partial charge in [0.1, 0.15) is 10.7 Å². The second-order valence-corrected chi connectivity index (χ2v) is 9.21. The molecule has 0 atom stereocenters. The van der Waals surface area contributed by atoms with E-state index in [2.05, 4.69) is 10.1 Å². The smallest absolute Gasteiger partial charge is 0.245 e. The van der Waals surface area contributed by atoms with Gasteiger partial charge in [-0.15, -0.1) is 11.3 Å². The highest BCUT2D eigenvalue weighted by Crippen LogP contribution is 2.37. The zero-order valence-electron chi connectivity index (χ0n) is 15.6. The maximum Gasteiger partial charge on any atom is 0.435 e. The second kappa shape index (κ2) is 7.96. The van der Waals surface area contributed by atoms with Gasteiger partial charge in [0.15, 0.2) is 5.69 Å². The van der Waals surface area contributed by atoms with Crippen LogP contribution in [0.5, 0.6) is 0 Å². The predicted molar refractivity (Wildman–Crippen MR) is 111 cm³/mol. The number of benzene rings is 2. The van der Waals surface area contributed by atoms with E-state index < -0.39 is 32.6 Å². The van der Waals surface area contributed by atoms with Crippen molar-refractivity contribution in [1.82, 2.24) is 14.8 Å². The topological polar surface area (TPSA) is 90.9 Å². The predicted octanol–water partition coefficient (Wildman–Crippen LogP) is 5.12. The highest BCUT2D eigenvalue weighted by Gasteiger charge is 2.35. The molecule has 4 aromatic rings. The van der Waals surface area contributed by atoms with Crippen molar-refractivity contribution in [3.8, 4) is 28.2 Å². The van der Waals surface area contributed by atoms with E-state index in [4.69, 9.17) is 16.7 Å². The number of aromatic nitrogens is 3. The van der Waals surface area contributed by atoms with E-state index in [-0.39, 0.29) is 22.0 Å². The van der Waals surface area contributed by atoms with Crippen LogP contribution in [-0.2, 0) is 16.2 Å². The van der Waals surface area contributed by atoms with Gasteiger partial charge in [0.25, 0.3) is 0 Å². The second-order valence-electron chi connectivity index (χ2n) is 6.55. The standard InChI is InChI=1S/C19H11ClF4N4O2S2/c20-13-5-10(15-8-31-9-26-15)1-3-12(13)16-7-18(19(22,23)24)27-28(16)11-2-4-17(14(21)6-11)32(25,29)30/h1-9H,(H2,25,29,30). The number of primary sulfonamides is 1. The maximum absolute atomic E-state index is 14.3. The summed E-state index contributed by atoms with van der Waals surface area (Å²) in [7, 11) is -4.36. The summed E-state index contributed by atoms with van der Waals surface area (Å²) in [5.41, 5.74) is 1.67. The SMILES string of the molecule is NS(=O)(=O)c1ccc(-n2nc(C(F)(F)F)cc2-c2ccc(-c3cscn3)cc2Cl)cc1F. The van der Waals surface area contributed by atoms with Gasteiger partial charge in [-0.3, -0.25) is 0 Å². The number of rotatable bonds is 4. The van der Waals surface area contributed by atoms with Crippen molar-refractivity contribution < 1.29 is 26.0 Å². The van der Waals surface area contributed by atoms with E-state index in [1.165, 1.54) is 17.4 Å². The first-order valence-corrected chi connectivity index (χ1v) is 11.5. The van der Waals surface area contributed by atoms with Crippen LogP contribution in [0.3, 0.4) is 0 Å². The van der Waals surface area contributed by atoms with Gasteiger partial charge in [0, 0.05) is 22.6 Å². The summed E-state index contributed by atoms with van der Waals surface area (Å²) in [5, 5.41) is 10.4. The van der Waals surface area contributed by atoms with E-state index in [0.29, 0.717) is 11.3 Å². The van der Waals surface area contributed by atoms with E-state index in [1.807, 2.05) is 0 Å². The fourth-order valence-corrected chi connectivity index (χ4v) is 4.42. The van der Waals surface area contributed by atoms with Gasteiger partial charge in [-0.25, -0.2) is 27.6 Å². The maximum atomic E-state index is 14.3. The molecule has 2 aromatic heterocycles. The van der Waals surface area contributed by atoms with Crippen molar-refractivity contribution in [3.63, 3.8) is 0 Å². The van der Waals surface area contributed by atoms with Crippen LogP contribution in [0, 0.1) is 5.82 Å². The molecular formula is C19H11ClF4N4O2S2. The molecule has 2 N–H and O–H groups in total. The lowest BCUT2D eigenvalue weighted by atomic mass is 10.1. The molecule has 32 heavy (non-hydrogen) atoms. The summed E-state index contributed by atoms with van der Waals surface area (Å²) < 4.78 is 78.2. The minimum Gasteiger partial charge on any atom is -0.245 e. The van der Waals surface area contributed by atoms with E-state index in [1.54, 1.807) is 23.0 Å². The molecule has 0 amide bonds. The Kier molecular flexibility index (Phi) is 5.57. The highest BCUT2D eigenvalue weighted by molar-refractivity contribution is 7.89. The third-order valence-corrected chi connectivity index (χ3v) is 6.28. The largest absolute Gasteiger partial charge is 0.435 e. The number of hydrogen-bond acceptors (Lipinski definition) is 5. The first-order valence-electron chi connectivity index (χ1n) is 8.63. The van der Waals surface area contributed by atoms with Crippen LogP contribution in [0.15, 0.2) is 58.3 Å². The van der Waals surface area contributed by atoms with Crippen molar-refractivity contribution in [3.05, 3.63) is 69.9 Å². The molecule has 0 saturated carbocycles. The third-order valence-electron chi connectivity index (χ3n) is 4.44. The number of nitrogens with two attached hydrogens (primary N) is 1. The molecule has 0 aliphatic rings. The molecule has 13 heteroatoms. The summed E-state index contributed by atoms with van der Waals surface area (Å²) in [6.07, 6.45) is -4.79. The van der Waals surface area contributed by atoms with Crippen molar-refractivity contribution in [2.24, 2.45) is 5.14 Å². The molecule has 0 saturated heterocycles. The lowest BCUT2D eigenvalue weighted by Crippen LogP contribution is -2.14. The van der Waals surface area contributed by atoms with Gasteiger partial charge in [-0.1, -0.05) is 23.7 Å². The summed E-state index contributed by atoms with van der Waals surface area (Å²) in [6.45, 7) is 0. The highest BCUT2D eigenvalue weighted by atomic mass is 35.5. The van der Waals surface area contributed by atoms with Crippen molar-refractivity contribution in [2.45, 2.75) is 11.1 Å². The fraction of sp³-hybridized carbons (Fsp3) is 0.0526. The number of sulfonamides is 1. The van der Waals surface area contributed by atoms with Crippen LogP contribution in [0.1, 0.15) is 5.69 Å². The monoisotopic (exact) mass is 502 g/mol. The van der Waals surface area contributed by atoms with Crippen LogP contribution in [0.25, 0.3) is 28.2 Å². The van der Waals surface area contributed by atoms with Gasteiger partial charge in [-0.2, -0.15) is 18.3 Å². The average molecular weight is 503 g/mol. The van der Waals surface area contributed by atoms with Gasteiger partial charge < -0.3 is 0 Å². The molecule has 0 fully saturated rings. The Morgan fingerprint density at radius 1 is 1.09 bits per heavy atom. The van der Waals surface area contributed by atoms with E-state index >= 15 is 0 Å². The molecule has 0 aliphatic carbocycles. The van der Waals surface area contributed by atoms with E-state index in [9.17, 15) is 26.0 Å². The van der Waals surface area contributed by atoms with Gasteiger partial charge >= 0.3 is 6.18 Å². The minimum atomic E-state index is -4.79. The fourth-order valence-electron chi connectivity index (χ4n) is 3.00.